The molecule has 1 unspecified atom stereocenters. The van der Waals surface area contributed by atoms with Gasteiger partial charge in [-0.3, -0.25) is 0 Å². The van der Waals surface area contributed by atoms with Gasteiger partial charge < -0.3 is 5.11 Å². The van der Waals surface area contributed by atoms with Crippen LogP contribution < -0.4 is 0 Å². The number of rotatable bonds is 4. The molecular formula is C16H14BrF3O. The summed E-state index contributed by atoms with van der Waals surface area (Å²) in [5.74, 6) is -0.155. The van der Waals surface area contributed by atoms with Crippen molar-refractivity contribution < 1.29 is 18.3 Å². The molecule has 0 heterocycles. The van der Waals surface area contributed by atoms with E-state index in [1.54, 1.807) is 0 Å². The molecule has 5 heteroatoms. The van der Waals surface area contributed by atoms with Crippen molar-refractivity contribution in [2.24, 2.45) is 0 Å². The molecule has 2 rings (SSSR count). The minimum absolute atomic E-state index is 0.0658. The van der Waals surface area contributed by atoms with E-state index in [4.69, 9.17) is 0 Å². The van der Waals surface area contributed by atoms with Crippen LogP contribution in [0.5, 0.6) is 0 Å². The molecule has 21 heavy (non-hydrogen) atoms. The Bertz CT molecular complexity index is 593. The van der Waals surface area contributed by atoms with E-state index in [2.05, 4.69) is 15.9 Å². The molecule has 0 spiro atoms. The topological polar surface area (TPSA) is 20.2 Å². The summed E-state index contributed by atoms with van der Waals surface area (Å²) in [5, 5.41) is 9.55. The standard InChI is InChI=1S/C16H14BrF3O/c17-15-4-2-1-3-14(15)12(10-21)9-11-5-7-13(8-6-11)16(18,19)20/h1-8,12,21H,9-10H2. The van der Waals surface area contributed by atoms with Gasteiger partial charge in [0.1, 0.15) is 0 Å². The highest BCUT2D eigenvalue weighted by molar-refractivity contribution is 9.10. The van der Waals surface area contributed by atoms with Crippen molar-refractivity contribution >= 4 is 15.9 Å². The predicted octanol–water partition coefficient (Wildman–Crippen LogP) is 4.79. The zero-order chi connectivity index (χ0) is 15.5. The maximum Gasteiger partial charge on any atom is 0.416 e. The number of halogens is 4. The fraction of sp³-hybridized carbons (Fsp3) is 0.250. The Morgan fingerprint density at radius 2 is 1.62 bits per heavy atom. The van der Waals surface area contributed by atoms with Gasteiger partial charge in [0.2, 0.25) is 0 Å². The van der Waals surface area contributed by atoms with Crippen molar-refractivity contribution in [3.05, 3.63) is 69.7 Å². The van der Waals surface area contributed by atoms with Crippen LogP contribution in [-0.2, 0) is 12.6 Å². The smallest absolute Gasteiger partial charge is 0.396 e. The number of benzene rings is 2. The SMILES string of the molecule is OCC(Cc1ccc(C(F)(F)F)cc1)c1ccccc1Br. The molecule has 0 bridgehead atoms. The van der Waals surface area contributed by atoms with Gasteiger partial charge >= 0.3 is 6.18 Å². The van der Waals surface area contributed by atoms with Crippen molar-refractivity contribution in [2.75, 3.05) is 6.61 Å². The molecule has 2 aromatic rings. The Hall–Kier alpha value is -1.33. The van der Waals surface area contributed by atoms with E-state index in [0.717, 1.165) is 27.7 Å². The van der Waals surface area contributed by atoms with Gasteiger partial charge in [0, 0.05) is 10.4 Å². The van der Waals surface area contributed by atoms with Gasteiger partial charge in [-0.1, -0.05) is 46.3 Å². The van der Waals surface area contributed by atoms with Gasteiger partial charge in [0.05, 0.1) is 12.2 Å². The fourth-order valence-corrected chi connectivity index (χ4v) is 2.80. The third-order valence-electron chi connectivity index (χ3n) is 3.33. The second-order valence-electron chi connectivity index (χ2n) is 4.80. The lowest BCUT2D eigenvalue weighted by atomic mass is 9.92. The molecule has 112 valence electrons. The van der Waals surface area contributed by atoms with Crippen molar-refractivity contribution in [1.29, 1.82) is 0 Å². The summed E-state index contributed by atoms with van der Waals surface area (Å²) >= 11 is 3.43. The molecule has 0 aliphatic heterocycles. The van der Waals surface area contributed by atoms with Crippen LogP contribution in [0.2, 0.25) is 0 Å². The Morgan fingerprint density at radius 3 is 2.14 bits per heavy atom. The number of aliphatic hydroxyl groups is 1. The lowest BCUT2D eigenvalue weighted by molar-refractivity contribution is -0.137. The van der Waals surface area contributed by atoms with Crippen LogP contribution in [0.25, 0.3) is 0 Å². The number of hydrogen-bond donors (Lipinski definition) is 1. The summed E-state index contributed by atoms with van der Waals surface area (Å²) in [5.41, 5.74) is 1.05. The second-order valence-corrected chi connectivity index (χ2v) is 5.65. The lowest BCUT2D eigenvalue weighted by Gasteiger charge is -2.17. The zero-order valence-electron chi connectivity index (χ0n) is 11.1. The van der Waals surface area contributed by atoms with Crippen molar-refractivity contribution in [3.8, 4) is 0 Å². The van der Waals surface area contributed by atoms with E-state index in [0.29, 0.717) is 6.42 Å². The molecule has 2 aromatic carbocycles. The Kier molecular flexibility index (Phi) is 5.06. The fourth-order valence-electron chi connectivity index (χ4n) is 2.19. The van der Waals surface area contributed by atoms with Gasteiger partial charge in [-0.05, 0) is 35.7 Å². The Morgan fingerprint density at radius 1 is 1.00 bits per heavy atom. The first-order valence-electron chi connectivity index (χ1n) is 6.43. The first-order valence-corrected chi connectivity index (χ1v) is 7.22. The number of hydrogen-bond acceptors (Lipinski definition) is 1. The average molecular weight is 359 g/mol. The Balaban J connectivity index is 2.18. The van der Waals surface area contributed by atoms with Crippen molar-refractivity contribution in [3.63, 3.8) is 0 Å². The van der Waals surface area contributed by atoms with Gasteiger partial charge in [-0.25, -0.2) is 0 Å². The van der Waals surface area contributed by atoms with Crippen LogP contribution in [0.15, 0.2) is 53.0 Å². The van der Waals surface area contributed by atoms with Crippen LogP contribution in [0.4, 0.5) is 13.2 Å². The van der Waals surface area contributed by atoms with E-state index < -0.39 is 11.7 Å². The lowest BCUT2D eigenvalue weighted by Crippen LogP contribution is -2.09. The average Bonchev–Trinajstić information content (AvgIpc) is 2.45. The predicted molar refractivity (Wildman–Crippen MR) is 79.1 cm³/mol. The van der Waals surface area contributed by atoms with E-state index in [1.165, 1.54) is 12.1 Å². The third-order valence-corrected chi connectivity index (χ3v) is 4.05. The molecule has 1 atom stereocenters. The summed E-state index contributed by atoms with van der Waals surface area (Å²) < 4.78 is 38.4. The van der Waals surface area contributed by atoms with Crippen molar-refractivity contribution in [1.82, 2.24) is 0 Å². The highest BCUT2D eigenvalue weighted by Gasteiger charge is 2.30. The second kappa shape index (κ2) is 6.62. The van der Waals surface area contributed by atoms with E-state index in [-0.39, 0.29) is 12.5 Å². The normalized spacial score (nSPS) is 13.2. The summed E-state index contributed by atoms with van der Waals surface area (Å²) in [7, 11) is 0. The maximum absolute atomic E-state index is 12.5. The molecule has 0 saturated heterocycles. The first-order chi connectivity index (χ1) is 9.91. The van der Waals surface area contributed by atoms with Gasteiger partial charge in [-0.15, -0.1) is 0 Å². The third kappa shape index (κ3) is 4.08. The monoisotopic (exact) mass is 358 g/mol. The van der Waals surface area contributed by atoms with Crippen LogP contribution in [0.3, 0.4) is 0 Å². The molecule has 0 amide bonds. The van der Waals surface area contributed by atoms with Crippen LogP contribution in [0.1, 0.15) is 22.6 Å². The molecule has 0 fully saturated rings. The van der Waals surface area contributed by atoms with E-state index in [9.17, 15) is 18.3 Å². The molecule has 0 aliphatic rings. The zero-order valence-corrected chi connectivity index (χ0v) is 12.7. The van der Waals surface area contributed by atoms with Crippen LogP contribution in [0, 0.1) is 0 Å². The first kappa shape index (κ1) is 16.0. The molecule has 1 N–H and O–H groups in total. The number of aliphatic hydroxyl groups excluding tert-OH is 1. The summed E-state index contributed by atoms with van der Waals surface area (Å²) in [6.45, 7) is -0.0658. The summed E-state index contributed by atoms with van der Waals surface area (Å²) in [4.78, 5) is 0. The van der Waals surface area contributed by atoms with Crippen LogP contribution >= 0.6 is 15.9 Å². The minimum atomic E-state index is -4.32. The van der Waals surface area contributed by atoms with Crippen molar-refractivity contribution in [2.45, 2.75) is 18.5 Å². The van der Waals surface area contributed by atoms with Gasteiger partial charge in [0.15, 0.2) is 0 Å². The molecule has 0 aliphatic carbocycles. The summed E-state index contributed by atoms with van der Waals surface area (Å²) in [6, 6.07) is 12.6. The quantitative estimate of drug-likeness (QED) is 0.833. The van der Waals surface area contributed by atoms with Gasteiger partial charge in [0.25, 0.3) is 0 Å². The number of alkyl halides is 3. The minimum Gasteiger partial charge on any atom is -0.396 e. The molecule has 1 nitrogen and oxygen atoms in total. The molecule has 0 radical (unpaired) electrons. The highest BCUT2D eigenvalue weighted by Crippen LogP contribution is 2.31. The van der Waals surface area contributed by atoms with E-state index >= 15 is 0 Å². The van der Waals surface area contributed by atoms with Gasteiger partial charge in [-0.2, -0.15) is 13.2 Å². The molecular weight excluding hydrogens is 345 g/mol. The Labute approximate surface area is 129 Å². The molecule has 0 aromatic heterocycles. The summed E-state index contributed by atoms with van der Waals surface area (Å²) in [6.07, 6.45) is -3.84. The molecule has 0 saturated carbocycles. The highest BCUT2D eigenvalue weighted by atomic mass is 79.9. The van der Waals surface area contributed by atoms with Crippen LogP contribution in [-0.4, -0.2) is 11.7 Å². The maximum atomic E-state index is 12.5. The largest absolute Gasteiger partial charge is 0.416 e. The van der Waals surface area contributed by atoms with E-state index in [1.807, 2.05) is 24.3 Å².